The SMILES string of the molecule is Cc1noc(C)c1S(=O)(=O)Nc1ccccc1CN(C)C1CCCCC1. The smallest absolute Gasteiger partial charge is 0.267 e. The van der Waals surface area contributed by atoms with Crippen LogP contribution < -0.4 is 4.72 Å². The van der Waals surface area contributed by atoms with Gasteiger partial charge in [0.05, 0.1) is 5.69 Å². The number of rotatable bonds is 6. The summed E-state index contributed by atoms with van der Waals surface area (Å²) in [5.74, 6) is 0.298. The Morgan fingerprint density at radius 3 is 2.54 bits per heavy atom. The van der Waals surface area contributed by atoms with Crippen molar-refractivity contribution in [3.63, 3.8) is 0 Å². The molecule has 142 valence electrons. The number of aromatic nitrogens is 1. The van der Waals surface area contributed by atoms with Gasteiger partial charge in [0, 0.05) is 12.6 Å². The minimum absolute atomic E-state index is 0.118. The monoisotopic (exact) mass is 377 g/mol. The third-order valence-corrected chi connectivity index (χ3v) is 6.73. The minimum Gasteiger partial charge on any atom is -0.360 e. The van der Waals surface area contributed by atoms with Crippen molar-refractivity contribution >= 4 is 15.7 Å². The molecule has 1 saturated carbocycles. The van der Waals surface area contributed by atoms with Gasteiger partial charge in [-0.05, 0) is 45.4 Å². The van der Waals surface area contributed by atoms with Crippen molar-refractivity contribution in [3.05, 3.63) is 41.3 Å². The van der Waals surface area contributed by atoms with Crippen molar-refractivity contribution in [2.24, 2.45) is 0 Å². The number of sulfonamides is 1. The highest BCUT2D eigenvalue weighted by atomic mass is 32.2. The first-order valence-corrected chi connectivity index (χ1v) is 10.6. The van der Waals surface area contributed by atoms with Crippen LogP contribution in [0.15, 0.2) is 33.7 Å². The summed E-state index contributed by atoms with van der Waals surface area (Å²) in [6.07, 6.45) is 6.29. The molecule has 1 aliphatic carbocycles. The van der Waals surface area contributed by atoms with Crippen LogP contribution in [-0.2, 0) is 16.6 Å². The number of anilines is 1. The van der Waals surface area contributed by atoms with Gasteiger partial charge in [-0.1, -0.05) is 42.6 Å². The number of benzene rings is 1. The molecule has 0 radical (unpaired) electrons. The molecule has 1 fully saturated rings. The Morgan fingerprint density at radius 2 is 1.88 bits per heavy atom. The van der Waals surface area contributed by atoms with E-state index in [0.29, 0.717) is 29.7 Å². The van der Waals surface area contributed by atoms with Crippen molar-refractivity contribution in [2.45, 2.75) is 63.4 Å². The third-order valence-electron chi connectivity index (χ3n) is 5.12. The lowest BCUT2D eigenvalue weighted by Gasteiger charge is -2.31. The number of nitrogens with zero attached hydrogens (tertiary/aromatic N) is 2. The van der Waals surface area contributed by atoms with Gasteiger partial charge in [-0.25, -0.2) is 8.42 Å². The van der Waals surface area contributed by atoms with Gasteiger partial charge in [0.2, 0.25) is 0 Å². The van der Waals surface area contributed by atoms with Crippen molar-refractivity contribution < 1.29 is 12.9 Å². The fourth-order valence-electron chi connectivity index (χ4n) is 3.73. The lowest BCUT2D eigenvalue weighted by molar-refractivity contribution is 0.185. The lowest BCUT2D eigenvalue weighted by atomic mass is 9.94. The van der Waals surface area contributed by atoms with Crippen LogP contribution >= 0.6 is 0 Å². The zero-order valence-corrected chi connectivity index (χ0v) is 16.5. The largest absolute Gasteiger partial charge is 0.360 e. The highest BCUT2D eigenvalue weighted by molar-refractivity contribution is 7.92. The van der Waals surface area contributed by atoms with E-state index >= 15 is 0 Å². The van der Waals surface area contributed by atoms with Crippen LogP contribution in [0.5, 0.6) is 0 Å². The van der Waals surface area contributed by atoms with Crippen molar-refractivity contribution in [1.82, 2.24) is 10.1 Å². The van der Waals surface area contributed by atoms with E-state index in [9.17, 15) is 8.42 Å². The first-order valence-electron chi connectivity index (χ1n) is 9.12. The molecular formula is C19H27N3O3S. The fourth-order valence-corrected chi connectivity index (χ4v) is 5.16. The number of aryl methyl sites for hydroxylation is 2. The third kappa shape index (κ3) is 4.10. The lowest BCUT2D eigenvalue weighted by Crippen LogP contribution is -2.33. The first kappa shape index (κ1) is 18.9. The number of hydrogen-bond acceptors (Lipinski definition) is 5. The van der Waals surface area contributed by atoms with Crippen LogP contribution in [0, 0.1) is 13.8 Å². The maximum absolute atomic E-state index is 12.8. The average molecular weight is 378 g/mol. The predicted octanol–water partition coefficient (Wildman–Crippen LogP) is 3.86. The van der Waals surface area contributed by atoms with Gasteiger partial charge in [-0.2, -0.15) is 0 Å². The Morgan fingerprint density at radius 1 is 1.19 bits per heavy atom. The normalized spacial score (nSPS) is 16.2. The Kier molecular flexibility index (Phi) is 5.67. The molecule has 0 aliphatic heterocycles. The second-order valence-corrected chi connectivity index (χ2v) is 8.74. The molecule has 0 unspecified atom stereocenters. The van der Waals surface area contributed by atoms with Crippen LogP contribution in [-0.4, -0.2) is 31.6 Å². The molecule has 1 heterocycles. The quantitative estimate of drug-likeness (QED) is 0.827. The molecule has 1 aliphatic rings. The maximum Gasteiger partial charge on any atom is 0.267 e. The zero-order chi connectivity index (χ0) is 18.7. The first-order chi connectivity index (χ1) is 12.4. The van der Waals surface area contributed by atoms with E-state index in [0.717, 1.165) is 5.56 Å². The molecule has 26 heavy (non-hydrogen) atoms. The van der Waals surface area contributed by atoms with Gasteiger partial charge >= 0.3 is 0 Å². The van der Waals surface area contributed by atoms with Gasteiger partial charge < -0.3 is 4.52 Å². The fraction of sp³-hybridized carbons (Fsp3) is 0.526. The molecule has 0 spiro atoms. The molecule has 3 rings (SSSR count). The predicted molar refractivity (Wildman–Crippen MR) is 102 cm³/mol. The maximum atomic E-state index is 12.8. The number of hydrogen-bond donors (Lipinski definition) is 1. The van der Waals surface area contributed by atoms with Gasteiger partial charge in [0.25, 0.3) is 10.0 Å². The summed E-state index contributed by atoms with van der Waals surface area (Å²) < 4.78 is 33.4. The topological polar surface area (TPSA) is 75.4 Å². The molecule has 0 atom stereocenters. The molecule has 6 nitrogen and oxygen atoms in total. The van der Waals surface area contributed by atoms with E-state index in [2.05, 4.69) is 21.8 Å². The van der Waals surface area contributed by atoms with Gasteiger partial charge in [-0.15, -0.1) is 0 Å². The molecule has 1 aromatic carbocycles. The second-order valence-electron chi connectivity index (χ2n) is 7.12. The Bertz CT molecular complexity index is 835. The Balaban J connectivity index is 1.81. The van der Waals surface area contributed by atoms with Crippen LogP contribution in [0.25, 0.3) is 0 Å². The zero-order valence-electron chi connectivity index (χ0n) is 15.7. The van der Waals surface area contributed by atoms with E-state index in [1.807, 2.05) is 18.2 Å². The molecule has 1 N–H and O–H groups in total. The van der Waals surface area contributed by atoms with Crippen LogP contribution in [0.4, 0.5) is 5.69 Å². The van der Waals surface area contributed by atoms with E-state index < -0.39 is 10.0 Å². The minimum atomic E-state index is -3.74. The number of nitrogens with one attached hydrogen (secondary N) is 1. The Hall–Kier alpha value is -1.86. The molecule has 2 aromatic rings. The highest BCUT2D eigenvalue weighted by Crippen LogP contribution is 2.27. The molecular weight excluding hydrogens is 350 g/mol. The summed E-state index contributed by atoms with van der Waals surface area (Å²) in [5.41, 5.74) is 1.94. The van der Waals surface area contributed by atoms with Crippen molar-refractivity contribution in [1.29, 1.82) is 0 Å². The van der Waals surface area contributed by atoms with E-state index in [4.69, 9.17) is 4.52 Å². The van der Waals surface area contributed by atoms with Gasteiger partial charge in [0.1, 0.15) is 5.69 Å². The van der Waals surface area contributed by atoms with E-state index in [1.165, 1.54) is 32.1 Å². The van der Waals surface area contributed by atoms with Gasteiger partial charge in [-0.3, -0.25) is 9.62 Å². The van der Waals surface area contributed by atoms with Gasteiger partial charge in [0.15, 0.2) is 10.7 Å². The summed E-state index contributed by atoms with van der Waals surface area (Å²) in [7, 11) is -1.62. The summed E-state index contributed by atoms with van der Waals surface area (Å²) in [6.45, 7) is 3.95. The molecule has 0 saturated heterocycles. The van der Waals surface area contributed by atoms with Crippen LogP contribution in [0.1, 0.15) is 49.1 Å². The summed E-state index contributed by atoms with van der Waals surface area (Å²) >= 11 is 0. The molecule has 0 amide bonds. The van der Waals surface area contributed by atoms with E-state index in [1.54, 1.807) is 19.9 Å². The summed E-state index contributed by atoms with van der Waals surface area (Å²) in [4.78, 5) is 2.45. The Labute approximate surface area is 155 Å². The van der Waals surface area contributed by atoms with Crippen LogP contribution in [0.3, 0.4) is 0 Å². The molecule has 1 aromatic heterocycles. The van der Waals surface area contributed by atoms with E-state index in [-0.39, 0.29) is 4.90 Å². The number of para-hydroxylation sites is 1. The van der Waals surface area contributed by atoms with Crippen molar-refractivity contribution in [3.8, 4) is 0 Å². The highest BCUT2D eigenvalue weighted by Gasteiger charge is 2.25. The van der Waals surface area contributed by atoms with Crippen LogP contribution in [0.2, 0.25) is 0 Å². The summed E-state index contributed by atoms with van der Waals surface area (Å²) in [6, 6.07) is 8.13. The van der Waals surface area contributed by atoms with Crippen molar-refractivity contribution in [2.75, 3.05) is 11.8 Å². The average Bonchev–Trinajstić information content (AvgIpc) is 2.96. The second kappa shape index (κ2) is 7.80. The standard InChI is InChI=1S/C19H27N3O3S/c1-14-19(15(2)25-20-14)26(23,24)21-18-12-8-7-9-16(18)13-22(3)17-10-5-4-6-11-17/h7-9,12,17,21H,4-6,10-11,13H2,1-3H3. The molecule has 7 heteroatoms. The summed E-state index contributed by atoms with van der Waals surface area (Å²) in [5, 5.41) is 3.75. The molecule has 0 bridgehead atoms.